The molecule has 0 aliphatic carbocycles. The number of anilines is 1. The van der Waals surface area contributed by atoms with E-state index in [0.29, 0.717) is 5.69 Å². The van der Waals surface area contributed by atoms with Crippen molar-refractivity contribution in [2.24, 2.45) is 0 Å². The van der Waals surface area contributed by atoms with Crippen LogP contribution in [-0.4, -0.2) is 34.5 Å². The monoisotopic (exact) mass is 302 g/mol. The van der Waals surface area contributed by atoms with E-state index >= 15 is 0 Å². The van der Waals surface area contributed by atoms with Crippen molar-refractivity contribution in [1.82, 2.24) is 4.98 Å². The van der Waals surface area contributed by atoms with Crippen LogP contribution in [0.3, 0.4) is 0 Å². The number of carbonyl (C=O) groups is 1. The van der Waals surface area contributed by atoms with Crippen LogP contribution in [0.2, 0.25) is 0 Å². The van der Waals surface area contributed by atoms with Gasteiger partial charge in [-0.05, 0) is 39.8 Å². The van der Waals surface area contributed by atoms with Crippen molar-refractivity contribution < 1.29 is 19.2 Å². The summed E-state index contributed by atoms with van der Waals surface area (Å²) in [4.78, 5) is 14.0. The number of aromatic nitrogens is 1. The molecule has 3 N–H and O–H groups in total. The summed E-state index contributed by atoms with van der Waals surface area (Å²) in [6.07, 6.45) is 0.678. The van der Waals surface area contributed by atoms with Gasteiger partial charge in [0.25, 0.3) is 0 Å². The predicted octanol–water partition coefficient (Wildman–Crippen LogP) is 2.56. The molecule has 1 aliphatic heterocycles. The molecule has 0 bridgehead atoms. The number of H-pyrrole nitrogens is 1. The molecule has 1 saturated heterocycles. The van der Waals surface area contributed by atoms with Crippen LogP contribution in [0.5, 0.6) is 0 Å². The molecule has 7 heteroatoms. The zero-order valence-corrected chi connectivity index (χ0v) is 13.1. The Morgan fingerprint density at radius 3 is 2.41 bits per heavy atom. The van der Waals surface area contributed by atoms with Gasteiger partial charge in [0, 0.05) is 22.6 Å². The van der Waals surface area contributed by atoms with Gasteiger partial charge in [-0.2, -0.15) is 0 Å². The summed E-state index contributed by atoms with van der Waals surface area (Å²) in [6, 6.07) is 5.38. The van der Waals surface area contributed by atoms with Crippen molar-refractivity contribution in [1.29, 1.82) is 0 Å². The fraction of sp³-hybridized carbons (Fsp3) is 0.400. The van der Waals surface area contributed by atoms with Crippen LogP contribution in [0.1, 0.15) is 27.7 Å². The van der Waals surface area contributed by atoms with Gasteiger partial charge in [-0.25, -0.2) is 4.79 Å². The molecule has 0 radical (unpaired) electrons. The fourth-order valence-corrected chi connectivity index (χ4v) is 2.57. The van der Waals surface area contributed by atoms with E-state index in [2.05, 4.69) is 10.3 Å². The third-order valence-corrected chi connectivity index (χ3v) is 4.50. The first-order valence-electron chi connectivity index (χ1n) is 7.17. The van der Waals surface area contributed by atoms with Gasteiger partial charge in [0.1, 0.15) is 0 Å². The Labute approximate surface area is 128 Å². The summed E-state index contributed by atoms with van der Waals surface area (Å²) < 4.78 is 12.1. The number of hydrogen-bond acceptors (Lipinski definition) is 3. The molecule has 1 aromatic carbocycles. The molecule has 22 heavy (non-hydrogen) atoms. The Bertz CT molecular complexity index is 722. The molecule has 2 aromatic rings. The Morgan fingerprint density at radius 1 is 1.18 bits per heavy atom. The van der Waals surface area contributed by atoms with Crippen molar-refractivity contribution in [2.45, 2.75) is 38.9 Å². The van der Waals surface area contributed by atoms with Crippen molar-refractivity contribution in [3.05, 3.63) is 24.4 Å². The largest absolute Gasteiger partial charge is 0.497 e. The van der Waals surface area contributed by atoms with Crippen molar-refractivity contribution >= 4 is 35.3 Å². The Hall–Kier alpha value is -1.99. The average molecular weight is 302 g/mol. The molecular formula is C15H19BN2O4. The predicted molar refractivity (Wildman–Crippen MR) is 85.7 cm³/mol. The van der Waals surface area contributed by atoms with Crippen LogP contribution >= 0.6 is 0 Å². The Kier molecular flexibility index (Phi) is 3.23. The van der Waals surface area contributed by atoms with Gasteiger partial charge in [0.05, 0.1) is 16.9 Å². The number of carboxylic acid groups (broad SMARTS) is 1. The normalized spacial score (nSPS) is 19.5. The Morgan fingerprint density at radius 2 is 1.82 bits per heavy atom. The third-order valence-electron chi connectivity index (χ3n) is 4.50. The molecule has 0 atom stereocenters. The first-order chi connectivity index (χ1) is 10.2. The molecule has 6 nitrogen and oxygen atoms in total. The highest BCUT2D eigenvalue weighted by Crippen LogP contribution is 2.37. The summed E-state index contributed by atoms with van der Waals surface area (Å²) >= 11 is 0. The molecule has 1 aliphatic rings. The summed E-state index contributed by atoms with van der Waals surface area (Å²) in [6.45, 7) is 8.00. The van der Waals surface area contributed by atoms with E-state index in [1.807, 2.05) is 39.8 Å². The quantitative estimate of drug-likeness (QED) is 0.744. The second kappa shape index (κ2) is 4.76. The summed E-state index contributed by atoms with van der Waals surface area (Å²) in [5, 5.41) is 12.1. The number of fused-ring (bicyclic) bond motifs is 1. The van der Waals surface area contributed by atoms with E-state index in [9.17, 15) is 4.79 Å². The van der Waals surface area contributed by atoms with Gasteiger partial charge < -0.3 is 19.4 Å². The van der Waals surface area contributed by atoms with Crippen LogP contribution in [0.15, 0.2) is 24.4 Å². The lowest BCUT2D eigenvalue weighted by Crippen LogP contribution is -2.41. The first kappa shape index (κ1) is 14.9. The lowest BCUT2D eigenvalue weighted by atomic mass is 9.77. The highest BCUT2D eigenvalue weighted by Gasteiger charge is 2.52. The minimum absolute atomic E-state index is 0.422. The number of nitrogens with one attached hydrogen (secondary N) is 2. The summed E-state index contributed by atoms with van der Waals surface area (Å²) in [7, 11) is -0.495. The molecule has 1 aromatic heterocycles. The van der Waals surface area contributed by atoms with Gasteiger partial charge in [0.2, 0.25) is 0 Å². The second-order valence-electron chi connectivity index (χ2n) is 6.49. The topological polar surface area (TPSA) is 83.6 Å². The van der Waals surface area contributed by atoms with Crippen LogP contribution in [0.4, 0.5) is 10.5 Å². The van der Waals surface area contributed by atoms with Crippen LogP contribution in [0.25, 0.3) is 10.9 Å². The molecular weight excluding hydrogens is 283 g/mol. The lowest BCUT2D eigenvalue weighted by Gasteiger charge is -2.32. The van der Waals surface area contributed by atoms with E-state index in [-0.39, 0.29) is 0 Å². The maximum absolute atomic E-state index is 10.9. The fourth-order valence-electron chi connectivity index (χ4n) is 2.57. The smallest absolute Gasteiger partial charge is 0.465 e. The van der Waals surface area contributed by atoms with Crippen LogP contribution in [0, 0.1) is 0 Å². The summed E-state index contributed by atoms with van der Waals surface area (Å²) in [5.41, 5.74) is 1.35. The van der Waals surface area contributed by atoms with Crippen LogP contribution < -0.4 is 10.8 Å². The number of benzene rings is 1. The maximum atomic E-state index is 10.9. The highest BCUT2D eigenvalue weighted by molar-refractivity contribution is 6.65. The van der Waals surface area contributed by atoms with Crippen molar-refractivity contribution in [3.63, 3.8) is 0 Å². The second-order valence-corrected chi connectivity index (χ2v) is 6.49. The van der Waals surface area contributed by atoms with Gasteiger partial charge in [-0.15, -0.1) is 0 Å². The van der Waals surface area contributed by atoms with Crippen molar-refractivity contribution in [2.75, 3.05) is 5.32 Å². The number of aromatic amines is 1. The van der Waals surface area contributed by atoms with E-state index < -0.39 is 24.4 Å². The molecule has 0 unspecified atom stereocenters. The minimum atomic E-state index is -1.09. The number of hydrogen-bond donors (Lipinski definition) is 3. The molecule has 116 valence electrons. The molecule has 0 spiro atoms. The highest BCUT2D eigenvalue weighted by atomic mass is 16.7. The van der Waals surface area contributed by atoms with Crippen LogP contribution in [-0.2, 0) is 9.31 Å². The first-order valence-corrected chi connectivity index (χ1v) is 7.17. The molecule has 3 rings (SSSR count). The minimum Gasteiger partial charge on any atom is -0.465 e. The average Bonchev–Trinajstić information content (AvgIpc) is 2.93. The van der Waals surface area contributed by atoms with Gasteiger partial charge in [-0.1, -0.05) is 6.07 Å². The van der Waals surface area contributed by atoms with E-state index in [1.54, 1.807) is 12.3 Å². The number of rotatable bonds is 2. The van der Waals surface area contributed by atoms with Crippen molar-refractivity contribution in [3.8, 4) is 0 Å². The van der Waals surface area contributed by atoms with Gasteiger partial charge in [-0.3, -0.25) is 5.32 Å². The van der Waals surface area contributed by atoms with Gasteiger partial charge >= 0.3 is 13.2 Å². The van der Waals surface area contributed by atoms with E-state index in [1.165, 1.54) is 0 Å². The molecule has 1 fully saturated rings. The standard InChI is InChI=1S/C15H19BN2O4/c1-14(2)15(3,4)22-16(21-14)10-5-6-11(18-13(19)20)9-7-8-17-12(9)10/h5-8,17-18H,1-4H3,(H,19,20). The van der Waals surface area contributed by atoms with E-state index in [4.69, 9.17) is 14.4 Å². The van der Waals surface area contributed by atoms with E-state index in [0.717, 1.165) is 16.4 Å². The zero-order chi connectivity index (χ0) is 16.1. The lowest BCUT2D eigenvalue weighted by molar-refractivity contribution is 0.00578. The summed E-state index contributed by atoms with van der Waals surface area (Å²) in [5.74, 6) is 0. The number of amides is 1. The molecule has 0 saturated carbocycles. The third kappa shape index (κ3) is 2.26. The Balaban J connectivity index is 2.03. The molecule has 2 heterocycles. The zero-order valence-electron chi connectivity index (χ0n) is 13.1. The maximum Gasteiger partial charge on any atom is 0.497 e. The van der Waals surface area contributed by atoms with Gasteiger partial charge in [0.15, 0.2) is 0 Å². The molecule has 1 amide bonds. The SMILES string of the molecule is CC1(C)OB(c2ccc(NC(=O)O)c3cc[nH]c23)OC1(C)C.